The Kier molecular flexibility index (Phi) is 5.91. The summed E-state index contributed by atoms with van der Waals surface area (Å²) < 4.78 is 5.20. The van der Waals surface area contributed by atoms with Crippen LogP contribution in [0, 0.1) is 0 Å². The molecule has 2 amide bonds. The number of hydrogen-bond acceptors (Lipinski definition) is 4. The van der Waals surface area contributed by atoms with Gasteiger partial charge in [0.25, 0.3) is 0 Å². The van der Waals surface area contributed by atoms with Crippen LogP contribution in [0.5, 0.6) is 5.75 Å². The van der Waals surface area contributed by atoms with Crippen molar-refractivity contribution >= 4 is 11.8 Å². The molecule has 2 fully saturated rings. The fraction of sp³-hybridized carbons (Fsp3) is 0.579. The summed E-state index contributed by atoms with van der Waals surface area (Å²) in [5.41, 5.74) is 0.953. The summed E-state index contributed by atoms with van der Waals surface area (Å²) in [6, 6.07) is 7.57. The lowest BCUT2D eigenvalue weighted by molar-refractivity contribution is -0.140. The predicted octanol–water partition coefficient (Wildman–Crippen LogP) is 1.05. The van der Waals surface area contributed by atoms with Gasteiger partial charge in [0.2, 0.25) is 11.8 Å². The molecular formula is C19H27N3O3. The lowest BCUT2D eigenvalue weighted by atomic mass is 10.0. The Labute approximate surface area is 149 Å². The summed E-state index contributed by atoms with van der Waals surface area (Å²) in [4.78, 5) is 28.8. The first kappa shape index (κ1) is 17.7. The maximum Gasteiger partial charge on any atom is 0.239 e. The summed E-state index contributed by atoms with van der Waals surface area (Å²) in [7, 11) is 1.62. The highest BCUT2D eigenvalue weighted by Crippen LogP contribution is 2.15. The maximum atomic E-state index is 12.5. The molecule has 25 heavy (non-hydrogen) atoms. The van der Waals surface area contributed by atoms with Gasteiger partial charge < -0.3 is 19.9 Å². The van der Waals surface area contributed by atoms with Gasteiger partial charge in [-0.2, -0.15) is 0 Å². The second-order valence-corrected chi connectivity index (χ2v) is 6.74. The molecule has 1 aromatic rings. The summed E-state index contributed by atoms with van der Waals surface area (Å²) in [5, 5.41) is 3.31. The number of nitrogens with zero attached hydrogens (tertiary/aromatic N) is 2. The summed E-state index contributed by atoms with van der Waals surface area (Å²) in [6.45, 7) is 3.40. The molecule has 1 atom stereocenters. The molecule has 6 nitrogen and oxygen atoms in total. The van der Waals surface area contributed by atoms with E-state index in [1.807, 2.05) is 34.1 Å². The Morgan fingerprint density at radius 3 is 2.60 bits per heavy atom. The Hall–Kier alpha value is -2.08. The molecule has 2 saturated heterocycles. The minimum Gasteiger partial charge on any atom is -0.497 e. The Morgan fingerprint density at radius 1 is 1.16 bits per heavy atom. The van der Waals surface area contributed by atoms with Crippen LogP contribution in [0.25, 0.3) is 0 Å². The third-order valence-electron chi connectivity index (χ3n) is 5.04. The van der Waals surface area contributed by atoms with Gasteiger partial charge in [-0.3, -0.25) is 9.59 Å². The van der Waals surface area contributed by atoms with Gasteiger partial charge in [0.1, 0.15) is 5.75 Å². The van der Waals surface area contributed by atoms with Crippen LogP contribution in [-0.2, 0) is 16.0 Å². The molecule has 3 rings (SSSR count). The van der Waals surface area contributed by atoms with Crippen molar-refractivity contribution in [1.29, 1.82) is 0 Å². The summed E-state index contributed by atoms with van der Waals surface area (Å²) in [6.07, 6.45) is 3.56. The first-order valence-corrected chi connectivity index (χ1v) is 9.10. The minimum absolute atomic E-state index is 0.0345. The van der Waals surface area contributed by atoms with Crippen LogP contribution in [0.1, 0.15) is 24.8 Å². The van der Waals surface area contributed by atoms with Crippen molar-refractivity contribution in [1.82, 2.24) is 15.1 Å². The molecule has 1 aromatic carbocycles. The van der Waals surface area contributed by atoms with Crippen molar-refractivity contribution in [2.24, 2.45) is 0 Å². The molecule has 2 aliphatic rings. The first-order valence-electron chi connectivity index (χ1n) is 9.10. The van der Waals surface area contributed by atoms with Crippen LogP contribution in [-0.4, -0.2) is 67.5 Å². The smallest absolute Gasteiger partial charge is 0.239 e. The van der Waals surface area contributed by atoms with Gasteiger partial charge in [0.05, 0.1) is 19.6 Å². The van der Waals surface area contributed by atoms with Crippen molar-refractivity contribution in [3.63, 3.8) is 0 Å². The monoisotopic (exact) mass is 345 g/mol. The summed E-state index contributed by atoms with van der Waals surface area (Å²) >= 11 is 0. The van der Waals surface area contributed by atoms with Gasteiger partial charge in [0, 0.05) is 26.2 Å². The molecular weight excluding hydrogens is 318 g/mol. The van der Waals surface area contributed by atoms with Gasteiger partial charge in [-0.15, -0.1) is 0 Å². The molecule has 0 saturated carbocycles. The lowest BCUT2D eigenvalue weighted by Crippen LogP contribution is -2.56. The zero-order valence-corrected chi connectivity index (χ0v) is 14.9. The Morgan fingerprint density at radius 2 is 1.92 bits per heavy atom. The highest BCUT2D eigenvalue weighted by molar-refractivity contribution is 5.83. The van der Waals surface area contributed by atoms with Gasteiger partial charge >= 0.3 is 0 Å². The number of amides is 2. The third-order valence-corrected chi connectivity index (χ3v) is 5.04. The van der Waals surface area contributed by atoms with Crippen molar-refractivity contribution in [3.05, 3.63) is 29.8 Å². The largest absolute Gasteiger partial charge is 0.497 e. The van der Waals surface area contributed by atoms with E-state index in [0.29, 0.717) is 32.6 Å². The van der Waals surface area contributed by atoms with Crippen molar-refractivity contribution < 1.29 is 14.3 Å². The fourth-order valence-corrected chi connectivity index (χ4v) is 3.53. The zero-order valence-electron chi connectivity index (χ0n) is 14.9. The molecule has 0 spiro atoms. The maximum absolute atomic E-state index is 12.5. The lowest BCUT2D eigenvalue weighted by Gasteiger charge is -2.37. The van der Waals surface area contributed by atoms with E-state index in [1.165, 1.54) is 0 Å². The second-order valence-electron chi connectivity index (χ2n) is 6.74. The number of piperidine rings is 1. The van der Waals surface area contributed by atoms with E-state index in [1.54, 1.807) is 7.11 Å². The van der Waals surface area contributed by atoms with Gasteiger partial charge in [-0.25, -0.2) is 0 Å². The van der Waals surface area contributed by atoms with Crippen LogP contribution in [0.4, 0.5) is 0 Å². The number of carbonyl (C=O) groups excluding carboxylic acids is 2. The van der Waals surface area contributed by atoms with E-state index in [2.05, 4.69) is 5.32 Å². The van der Waals surface area contributed by atoms with E-state index in [9.17, 15) is 9.59 Å². The number of nitrogens with one attached hydrogen (secondary N) is 1. The third kappa shape index (κ3) is 4.51. The van der Waals surface area contributed by atoms with Crippen LogP contribution < -0.4 is 10.1 Å². The predicted molar refractivity (Wildman–Crippen MR) is 95.5 cm³/mol. The van der Waals surface area contributed by atoms with Gasteiger partial charge in [-0.05, 0) is 37.1 Å². The molecule has 1 unspecified atom stereocenters. The number of rotatable bonds is 4. The first-order chi connectivity index (χ1) is 12.2. The van der Waals surface area contributed by atoms with Crippen LogP contribution in [0.2, 0.25) is 0 Å². The van der Waals surface area contributed by atoms with Gasteiger partial charge in [-0.1, -0.05) is 18.6 Å². The molecule has 0 radical (unpaired) electrons. The zero-order chi connectivity index (χ0) is 17.6. The highest BCUT2D eigenvalue weighted by atomic mass is 16.5. The number of ether oxygens (including phenoxy) is 1. The fourth-order valence-electron chi connectivity index (χ4n) is 3.53. The molecule has 1 N–H and O–H groups in total. The number of hydrogen-bond donors (Lipinski definition) is 1. The Bertz CT molecular complexity index is 606. The van der Waals surface area contributed by atoms with Crippen LogP contribution in [0.3, 0.4) is 0 Å². The number of carbonyl (C=O) groups is 2. The number of methoxy groups -OCH3 is 1. The van der Waals surface area contributed by atoms with Crippen LogP contribution in [0.15, 0.2) is 24.3 Å². The average molecular weight is 345 g/mol. The SMILES string of the molecule is COc1cccc(CC(=O)N2CCN(C(=O)C3CCCCN3)CC2)c1. The summed E-state index contributed by atoms with van der Waals surface area (Å²) in [5.74, 6) is 1.07. The van der Waals surface area contributed by atoms with E-state index in [-0.39, 0.29) is 17.9 Å². The topological polar surface area (TPSA) is 61.9 Å². The Balaban J connectivity index is 1.49. The van der Waals surface area contributed by atoms with E-state index >= 15 is 0 Å². The molecule has 0 aliphatic carbocycles. The minimum atomic E-state index is -0.0345. The van der Waals surface area contributed by atoms with E-state index < -0.39 is 0 Å². The normalized spacial score (nSPS) is 21.1. The molecule has 6 heteroatoms. The number of benzene rings is 1. The highest BCUT2D eigenvalue weighted by Gasteiger charge is 2.29. The van der Waals surface area contributed by atoms with Crippen molar-refractivity contribution in [2.75, 3.05) is 39.8 Å². The molecule has 2 heterocycles. The van der Waals surface area contributed by atoms with Crippen molar-refractivity contribution in [3.8, 4) is 5.75 Å². The quantitative estimate of drug-likeness (QED) is 0.886. The molecule has 2 aliphatic heterocycles. The molecule has 0 aromatic heterocycles. The number of piperazine rings is 1. The molecule has 0 bridgehead atoms. The van der Waals surface area contributed by atoms with Crippen LogP contribution >= 0.6 is 0 Å². The average Bonchev–Trinajstić information content (AvgIpc) is 2.68. The molecule has 136 valence electrons. The second kappa shape index (κ2) is 8.34. The van der Waals surface area contributed by atoms with E-state index in [0.717, 1.165) is 37.1 Å². The van der Waals surface area contributed by atoms with Crippen molar-refractivity contribution in [2.45, 2.75) is 31.7 Å². The van der Waals surface area contributed by atoms with E-state index in [4.69, 9.17) is 4.74 Å². The standard InChI is InChI=1S/C19H27N3O3/c1-25-16-6-4-5-15(13-16)14-18(23)21-9-11-22(12-10-21)19(24)17-7-2-3-8-20-17/h4-6,13,17,20H,2-3,7-12,14H2,1H3. The van der Waals surface area contributed by atoms with Gasteiger partial charge in [0.15, 0.2) is 0 Å².